The highest BCUT2D eigenvalue weighted by Crippen LogP contribution is 2.20. The Morgan fingerprint density at radius 1 is 1.18 bits per heavy atom. The fourth-order valence-corrected chi connectivity index (χ4v) is 2.73. The predicted octanol–water partition coefficient (Wildman–Crippen LogP) is 3.04. The largest absolute Gasteiger partial charge is 0.492 e. The standard InChI is InChI=1S/C21H20FN3O3/c1-14-23-19(13-20(26)24-14)15-10-16(12-17(22)11-15)21(27)25(2)8-9-28-18-6-4-3-5-7-18/h3-7,10-13H,8-9H2,1-2H3,(H,23,24,26). The molecule has 0 radical (unpaired) electrons. The summed E-state index contributed by atoms with van der Waals surface area (Å²) in [6.07, 6.45) is 0. The van der Waals surface area contributed by atoms with Gasteiger partial charge in [-0.25, -0.2) is 9.37 Å². The van der Waals surface area contributed by atoms with E-state index >= 15 is 0 Å². The van der Waals surface area contributed by atoms with Crippen molar-refractivity contribution in [3.05, 3.63) is 82.2 Å². The second-order valence-electron chi connectivity index (χ2n) is 6.33. The molecule has 0 saturated heterocycles. The Kier molecular flexibility index (Phi) is 5.84. The number of halogens is 1. The summed E-state index contributed by atoms with van der Waals surface area (Å²) >= 11 is 0. The Hall–Kier alpha value is -3.48. The van der Waals surface area contributed by atoms with E-state index in [4.69, 9.17) is 4.74 Å². The Bertz CT molecular complexity index is 1030. The van der Waals surface area contributed by atoms with Gasteiger partial charge in [0.05, 0.1) is 12.2 Å². The van der Waals surface area contributed by atoms with E-state index in [1.54, 1.807) is 14.0 Å². The monoisotopic (exact) mass is 381 g/mol. The van der Waals surface area contributed by atoms with Gasteiger partial charge in [0.2, 0.25) is 0 Å². The zero-order valence-electron chi connectivity index (χ0n) is 15.6. The van der Waals surface area contributed by atoms with Gasteiger partial charge in [0.15, 0.2) is 0 Å². The molecule has 6 nitrogen and oxygen atoms in total. The van der Waals surface area contributed by atoms with Gasteiger partial charge >= 0.3 is 0 Å². The van der Waals surface area contributed by atoms with Crippen molar-refractivity contribution in [2.45, 2.75) is 6.92 Å². The molecule has 0 atom stereocenters. The van der Waals surface area contributed by atoms with E-state index in [0.717, 1.165) is 0 Å². The van der Waals surface area contributed by atoms with Gasteiger partial charge in [-0.15, -0.1) is 0 Å². The molecule has 3 rings (SSSR count). The Labute approximate surface area is 161 Å². The number of aromatic nitrogens is 2. The van der Waals surface area contributed by atoms with Crippen LogP contribution in [0.3, 0.4) is 0 Å². The van der Waals surface area contributed by atoms with Crippen molar-refractivity contribution in [3.8, 4) is 17.0 Å². The van der Waals surface area contributed by atoms with E-state index in [1.807, 2.05) is 30.3 Å². The molecule has 0 aliphatic carbocycles. The third-order valence-corrected chi connectivity index (χ3v) is 4.09. The van der Waals surface area contributed by atoms with E-state index in [1.165, 1.54) is 29.2 Å². The molecule has 1 heterocycles. The van der Waals surface area contributed by atoms with Gasteiger partial charge in [-0.3, -0.25) is 9.59 Å². The van der Waals surface area contributed by atoms with Gasteiger partial charge in [0.1, 0.15) is 24.0 Å². The minimum absolute atomic E-state index is 0.178. The first kappa shape index (κ1) is 19.3. The fourth-order valence-electron chi connectivity index (χ4n) is 2.73. The lowest BCUT2D eigenvalue weighted by Gasteiger charge is -2.18. The number of nitrogens with zero attached hydrogens (tertiary/aromatic N) is 2. The molecule has 3 aromatic rings. The second kappa shape index (κ2) is 8.47. The molecule has 0 aliphatic rings. The van der Waals surface area contributed by atoms with Gasteiger partial charge in [0.25, 0.3) is 11.5 Å². The number of hydrogen-bond acceptors (Lipinski definition) is 4. The number of para-hydroxylation sites is 1. The van der Waals surface area contributed by atoms with Crippen LogP contribution >= 0.6 is 0 Å². The molecular formula is C21H20FN3O3. The summed E-state index contributed by atoms with van der Waals surface area (Å²) in [5.41, 5.74) is 0.517. The summed E-state index contributed by atoms with van der Waals surface area (Å²) < 4.78 is 19.7. The Balaban J connectivity index is 1.74. The third kappa shape index (κ3) is 4.82. The van der Waals surface area contributed by atoms with Crippen molar-refractivity contribution in [3.63, 3.8) is 0 Å². The lowest BCUT2D eigenvalue weighted by atomic mass is 10.1. The summed E-state index contributed by atoms with van der Waals surface area (Å²) in [7, 11) is 1.62. The first-order chi connectivity index (χ1) is 13.4. The number of nitrogens with one attached hydrogen (secondary N) is 1. The van der Waals surface area contributed by atoms with Gasteiger partial charge < -0.3 is 14.6 Å². The van der Waals surface area contributed by atoms with Crippen LogP contribution in [0.4, 0.5) is 4.39 Å². The third-order valence-electron chi connectivity index (χ3n) is 4.09. The topological polar surface area (TPSA) is 75.3 Å². The number of H-pyrrole nitrogens is 1. The number of carbonyl (C=O) groups is 1. The summed E-state index contributed by atoms with van der Waals surface area (Å²) in [6, 6.07) is 14.5. The number of amides is 1. The lowest BCUT2D eigenvalue weighted by Crippen LogP contribution is -2.31. The number of benzene rings is 2. The van der Waals surface area contributed by atoms with E-state index in [9.17, 15) is 14.0 Å². The average Bonchev–Trinajstić information content (AvgIpc) is 2.67. The van der Waals surface area contributed by atoms with E-state index in [-0.39, 0.29) is 17.0 Å². The van der Waals surface area contributed by atoms with Crippen LogP contribution in [0.1, 0.15) is 16.2 Å². The summed E-state index contributed by atoms with van der Waals surface area (Å²) in [5, 5.41) is 0. The minimum atomic E-state index is -0.575. The maximum absolute atomic E-state index is 14.1. The van der Waals surface area contributed by atoms with Crippen molar-refractivity contribution >= 4 is 5.91 Å². The van der Waals surface area contributed by atoms with Crippen LogP contribution in [0.5, 0.6) is 5.75 Å². The molecule has 0 bridgehead atoms. The molecule has 1 aromatic heterocycles. The van der Waals surface area contributed by atoms with Crippen LogP contribution in [0, 0.1) is 12.7 Å². The van der Waals surface area contributed by atoms with Crippen molar-refractivity contribution in [2.24, 2.45) is 0 Å². The summed E-state index contributed by atoms with van der Waals surface area (Å²) in [4.78, 5) is 32.5. The van der Waals surface area contributed by atoms with Crippen LogP contribution in [-0.4, -0.2) is 41.0 Å². The molecule has 1 amide bonds. The zero-order valence-corrected chi connectivity index (χ0v) is 15.6. The molecular weight excluding hydrogens is 361 g/mol. The van der Waals surface area contributed by atoms with E-state index in [2.05, 4.69) is 9.97 Å². The van der Waals surface area contributed by atoms with E-state index in [0.29, 0.717) is 36.0 Å². The molecule has 1 N–H and O–H groups in total. The summed E-state index contributed by atoms with van der Waals surface area (Å²) in [5.74, 6) is 0.204. The fraction of sp³-hybridized carbons (Fsp3) is 0.190. The molecule has 2 aromatic carbocycles. The minimum Gasteiger partial charge on any atom is -0.492 e. The SMILES string of the molecule is Cc1nc(-c2cc(F)cc(C(=O)N(C)CCOc3ccccc3)c2)cc(=O)[nH]1. The normalized spacial score (nSPS) is 10.5. The second-order valence-corrected chi connectivity index (χ2v) is 6.33. The van der Waals surface area contributed by atoms with Crippen LogP contribution < -0.4 is 10.3 Å². The first-order valence-corrected chi connectivity index (χ1v) is 8.74. The highest BCUT2D eigenvalue weighted by atomic mass is 19.1. The zero-order chi connectivity index (χ0) is 20.1. The predicted molar refractivity (Wildman–Crippen MR) is 104 cm³/mol. The number of hydrogen-bond donors (Lipinski definition) is 1. The number of rotatable bonds is 6. The van der Waals surface area contributed by atoms with Crippen molar-refractivity contribution in [1.29, 1.82) is 0 Å². The highest BCUT2D eigenvalue weighted by molar-refractivity contribution is 5.95. The summed E-state index contributed by atoms with van der Waals surface area (Å²) in [6.45, 7) is 2.28. The molecule has 28 heavy (non-hydrogen) atoms. The molecule has 0 fully saturated rings. The van der Waals surface area contributed by atoms with Gasteiger partial charge in [-0.05, 0) is 37.3 Å². The van der Waals surface area contributed by atoms with Crippen LogP contribution in [-0.2, 0) is 0 Å². The first-order valence-electron chi connectivity index (χ1n) is 8.74. The Morgan fingerprint density at radius 2 is 1.93 bits per heavy atom. The van der Waals surface area contributed by atoms with Crippen molar-refractivity contribution in [1.82, 2.24) is 14.9 Å². The molecule has 7 heteroatoms. The number of ether oxygens (including phenoxy) is 1. The highest BCUT2D eigenvalue weighted by Gasteiger charge is 2.15. The number of aromatic amines is 1. The van der Waals surface area contributed by atoms with Gasteiger partial charge in [-0.1, -0.05) is 18.2 Å². The van der Waals surface area contributed by atoms with E-state index < -0.39 is 5.82 Å². The van der Waals surface area contributed by atoms with Gasteiger partial charge in [0, 0.05) is 24.2 Å². The molecule has 0 aliphatic heterocycles. The van der Waals surface area contributed by atoms with Crippen LogP contribution in [0.25, 0.3) is 11.3 Å². The van der Waals surface area contributed by atoms with Crippen LogP contribution in [0.2, 0.25) is 0 Å². The Morgan fingerprint density at radius 3 is 2.64 bits per heavy atom. The quantitative estimate of drug-likeness (QED) is 0.712. The number of carbonyl (C=O) groups excluding carboxylic acids is 1. The molecule has 144 valence electrons. The lowest BCUT2D eigenvalue weighted by molar-refractivity contribution is 0.0773. The smallest absolute Gasteiger partial charge is 0.253 e. The maximum Gasteiger partial charge on any atom is 0.253 e. The molecule has 0 unspecified atom stereocenters. The van der Waals surface area contributed by atoms with Crippen LogP contribution in [0.15, 0.2) is 59.4 Å². The van der Waals surface area contributed by atoms with Gasteiger partial charge in [-0.2, -0.15) is 0 Å². The average molecular weight is 381 g/mol. The van der Waals surface area contributed by atoms with Crippen molar-refractivity contribution in [2.75, 3.05) is 20.2 Å². The molecule has 0 saturated carbocycles. The maximum atomic E-state index is 14.1. The molecule has 0 spiro atoms. The van der Waals surface area contributed by atoms with Crippen molar-refractivity contribution < 1.29 is 13.9 Å². The number of likely N-dealkylation sites (N-methyl/N-ethyl adjacent to an activating group) is 1. The number of aryl methyl sites for hydroxylation is 1.